The minimum absolute atomic E-state index is 0.993. The number of thiophene rings is 1. The van der Waals surface area contributed by atoms with Crippen LogP contribution < -0.4 is 0 Å². The van der Waals surface area contributed by atoms with Crippen LogP contribution in [0.25, 0.3) is 11.3 Å². The van der Waals surface area contributed by atoms with E-state index < -0.39 is 0 Å². The first-order valence-electron chi connectivity index (χ1n) is 6.01. The summed E-state index contributed by atoms with van der Waals surface area (Å²) in [5.74, 6) is 0. The van der Waals surface area contributed by atoms with Gasteiger partial charge in [-0.05, 0) is 44.1 Å². The van der Waals surface area contributed by atoms with Crippen LogP contribution in [0.5, 0.6) is 0 Å². The molecule has 0 spiro atoms. The van der Waals surface area contributed by atoms with Crippen LogP contribution in [0.15, 0.2) is 16.8 Å². The van der Waals surface area contributed by atoms with Crippen molar-refractivity contribution in [2.45, 2.75) is 39.2 Å². The molecule has 2 nitrogen and oxygen atoms in total. The van der Waals surface area contributed by atoms with Crippen molar-refractivity contribution >= 4 is 11.3 Å². The van der Waals surface area contributed by atoms with E-state index in [9.17, 15) is 0 Å². The van der Waals surface area contributed by atoms with Gasteiger partial charge in [0.25, 0.3) is 0 Å². The number of hydrogen-bond acceptors (Lipinski definition) is 2. The summed E-state index contributed by atoms with van der Waals surface area (Å²) in [6.07, 6.45) is 5.06. The zero-order valence-corrected chi connectivity index (χ0v) is 10.4. The molecule has 1 aliphatic carbocycles. The Morgan fingerprint density at radius 3 is 3.00 bits per heavy atom. The summed E-state index contributed by atoms with van der Waals surface area (Å²) in [7, 11) is 0. The Morgan fingerprint density at radius 1 is 1.38 bits per heavy atom. The Bertz CT molecular complexity index is 482. The third-order valence-corrected chi connectivity index (χ3v) is 4.03. The monoisotopic (exact) mass is 232 g/mol. The molecule has 2 aromatic rings. The lowest BCUT2D eigenvalue weighted by Crippen LogP contribution is -2.07. The van der Waals surface area contributed by atoms with Gasteiger partial charge in [-0.25, -0.2) is 0 Å². The van der Waals surface area contributed by atoms with Crippen LogP contribution in [0, 0.1) is 0 Å². The maximum atomic E-state index is 4.78. The minimum Gasteiger partial charge on any atom is -0.269 e. The molecule has 0 amide bonds. The Balaban J connectivity index is 2.15. The molecule has 1 aliphatic rings. The minimum atomic E-state index is 0.993. The summed E-state index contributed by atoms with van der Waals surface area (Å²) < 4.78 is 2.20. The van der Waals surface area contributed by atoms with Gasteiger partial charge in [-0.1, -0.05) is 0 Å². The lowest BCUT2D eigenvalue weighted by Gasteiger charge is -2.13. The molecule has 0 saturated heterocycles. The highest BCUT2D eigenvalue weighted by Crippen LogP contribution is 2.32. The van der Waals surface area contributed by atoms with Gasteiger partial charge in [-0.15, -0.1) is 0 Å². The van der Waals surface area contributed by atoms with Crippen molar-refractivity contribution in [1.29, 1.82) is 0 Å². The standard InChI is InChI=1S/C13H16N2S/c1-2-15-12-6-4-3-5-11(12)13(14-15)10-7-8-16-9-10/h7-9H,2-6H2,1H3. The zero-order valence-electron chi connectivity index (χ0n) is 9.57. The topological polar surface area (TPSA) is 17.8 Å². The van der Waals surface area contributed by atoms with Gasteiger partial charge < -0.3 is 0 Å². The highest BCUT2D eigenvalue weighted by Gasteiger charge is 2.20. The van der Waals surface area contributed by atoms with Gasteiger partial charge >= 0.3 is 0 Å². The predicted molar refractivity (Wildman–Crippen MR) is 67.9 cm³/mol. The third kappa shape index (κ3) is 1.50. The fraction of sp³-hybridized carbons (Fsp3) is 0.462. The van der Waals surface area contributed by atoms with Crippen LogP contribution in [0.3, 0.4) is 0 Å². The second kappa shape index (κ2) is 4.06. The Hall–Kier alpha value is -1.09. The molecule has 0 saturated carbocycles. The molecule has 0 unspecified atom stereocenters. The number of fused-ring (bicyclic) bond motifs is 1. The molecule has 0 atom stereocenters. The molecule has 0 fully saturated rings. The summed E-state index contributed by atoms with van der Waals surface area (Å²) >= 11 is 1.75. The summed E-state index contributed by atoms with van der Waals surface area (Å²) in [6.45, 7) is 3.17. The van der Waals surface area contributed by atoms with Crippen LogP contribution in [0.4, 0.5) is 0 Å². The van der Waals surface area contributed by atoms with Crippen LogP contribution >= 0.6 is 11.3 Å². The zero-order chi connectivity index (χ0) is 11.0. The number of rotatable bonds is 2. The lowest BCUT2D eigenvalue weighted by molar-refractivity contribution is 0.582. The van der Waals surface area contributed by atoms with Gasteiger partial charge in [0.1, 0.15) is 0 Å². The summed E-state index contributed by atoms with van der Waals surface area (Å²) in [5.41, 5.74) is 5.52. The Labute approximate surface area is 99.9 Å². The van der Waals surface area contributed by atoms with Crippen LogP contribution in [0.2, 0.25) is 0 Å². The van der Waals surface area contributed by atoms with E-state index in [1.807, 2.05) is 0 Å². The van der Waals surface area contributed by atoms with Crippen molar-refractivity contribution in [3.63, 3.8) is 0 Å². The average molecular weight is 232 g/mol. The summed E-state index contributed by atoms with van der Waals surface area (Å²) in [5, 5.41) is 9.12. The van der Waals surface area contributed by atoms with Crippen molar-refractivity contribution in [3.05, 3.63) is 28.1 Å². The molecular formula is C13H16N2S. The van der Waals surface area contributed by atoms with Gasteiger partial charge in [0, 0.05) is 28.7 Å². The van der Waals surface area contributed by atoms with Gasteiger partial charge in [-0.2, -0.15) is 16.4 Å². The van der Waals surface area contributed by atoms with Crippen molar-refractivity contribution in [3.8, 4) is 11.3 Å². The van der Waals surface area contributed by atoms with E-state index in [0.717, 1.165) is 6.54 Å². The highest BCUT2D eigenvalue weighted by atomic mass is 32.1. The smallest absolute Gasteiger partial charge is 0.0966 e. The molecule has 0 radical (unpaired) electrons. The van der Waals surface area contributed by atoms with E-state index in [0.29, 0.717) is 0 Å². The SMILES string of the molecule is CCn1nc(-c2ccsc2)c2c1CCCC2. The van der Waals surface area contributed by atoms with Crippen molar-refractivity contribution < 1.29 is 0 Å². The maximum absolute atomic E-state index is 4.78. The number of aromatic nitrogens is 2. The molecule has 0 N–H and O–H groups in total. The normalized spacial score (nSPS) is 15.1. The van der Waals surface area contributed by atoms with E-state index in [1.165, 1.54) is 48.2 Å². The first-order valence-corrected chi connectivity index (χ1v) is 6.95. The molecule has 84 valence electrons. The molecule has 0 aromatic carbocycles. The van der Waals surface area contributed by atoms with E-state index in [-0.39, 0.29) is 0 Å². The van der Waals surface area contributed by atoms with Crippen LogP contribution in [0.1, 0.15) is 31.0 Å². The predicted octanol–water partition coefficient (Wildman–Crippen LogP) is 3.51. The first-order chi connectivity index (χ1) is 7.90. The van der Waals surface area contributed by atoms with Crippen LogP contribution in [-0.4, -0.2) is 9.78 Å². The van der Waals surface area contributed by atoms with Crippen molar-refractivity contribution in [1.82, 2.24) is 9.78 Å². The van der Waals surface area contributed by atoms with Crippen molar-refractivity contribution in [2.75, 3.05) is 0 Å². The molecule has 0 bridgehead atoms. The maximum Gasteiger partial charge on any atom is 0.0966 e. The molecule has 2 heterocycles. The second-order valence-electron chi connectivity index (χ2n) is 4.31. The third-order valence-electron chi connectivity index (χ3n) is 3.35. The molecule has 2 aromatic heterocycles. The van der Waals surface area contributed by atoms with E-state index >= 15 is 0 Å². The number of aryl methyl sites for hydroxylation is 1. The summed E-state index contributed by atoms with van der Waals surface area (Å²) in [4.78, 5) is 0. The number of nitrogens with zero attached hydrogens (tertiary/aromatic N) is 2. The fourth-order valence-corrected chi connectivity index (χ4v) is 3.20. The van der Waals surface area contributed by atoms with E-state index in [2.05, 4.69) is 28.4 Å². The molecular weight excluding hydrogens is 216 g/mol. The lowest BCUT2D eigenvalue weighted by atomic mass is 9.94. The average Bonchev–Trinajstić information content (AvgIpc) is 2.95. The van der Waals surface area contributed by atoms with Gasteiger partial charge in [0.2, 0.25) is 0 Å². The fourth-order valence-electron chi connectivity index (χ4n) is 2.56. The molecule has 0 aliphatic heterocycles. The highest BCUT2D eigenvalue weighted by molar-refractivity contribution is 7.08. The first kappa shape index (κ1) is 10.1. The van der Waals surface area contributed by atoms with E-state index in [4.69, 9.17) is 5.10 Å². The number of hydrogen-bond donors (Lipinski definition) is 0. The van der Waals surface area contributed by atoms with Gasteiger partial charge in [-0.3, -0.25) is 4.68 Å². The Morgan fingerprint density at radius 2 is 2.25 bits per heavy atom. The largest absolute Gasteiger partial charge is 0.269 e. The molecule has 3 rings (SSSR count). The summed E-state index contributed by atoms with van der Waals surface area (Å²) in [6, 6.07) is 2.18. The Kier molecular flexibility index (Phi) is 2.56. The van der Waals surface area contributed by atoms with Gasteiger partial charge in [0.15, 0.2) is 0 Å². The molecule has 16 heavy (non-hydrogen) atoms. The van der Waals surface area contributed by atoms with Crippen molar-refractivity contribution in [2.24, 2.45) is 0 Å². The van der Waals surface area contributed by atoms with E-state index in [1.54, 1.807) is 11.3 Å². The molecule has 3 heteroatoms. The van der Waals surface area contributed by atoms with Crippen LogP contribution in [-0.2, 0) is 19.4 Å². The second-order valence-corrected chi connectivity index (χ2v) is 5.09. The van der Waals surface area contributed by atoms with Gasteiger partial charge in [0.05, 0.1) is 5.69 Å². The quantitative estimate of drug-likeness (QED) is 0.774.